The molecule has 0 aliphatic heterocycles. The zero-order valence-electron chi connectivity index (χ0n) is 15.6. The summed E-state index contributed by atoms with van der Waals surface area (Å²) in [7, 11) is 0. The van der Waals surface area contributed by atoms with Gasteiger partial charge in [-0.3, -0.25) is 0 Å². The van der Waals surface area contributed by atoms with E-state index in [9.17, 15) is 0 Å². The Labute approximate surface area is 168 Å². The molecule has 0 bridgehead atoms. The Morgan fingerprint density at radius 1 is 0.964 bits per heavy atom. The molecule has 0 saturated heterocycles. The first kappa shape index (κ1) is 16.4. The molecule has 28 heavy (non-hydrogen) atoms. The first-order valence-corrected chi connectivity index (χ1v) is 10.4. The van der Waals surface area contributed by atoms with Crippen LogP contribution in [0.15, 0.2) is 55.1 Å². The highest BCUT2D eigenvalue weighted by Gasteiger charge is 2.31. The van der Waals surface area contributed by atoms with Gasteiger partial charge in [0.1, 0.15) is 0 Å². The maximum Gasteiger partial charge on any atom is 0.0960 e. The fourth-order valence-electron chi connectivity index (χ4n) is 4.14. The van der Waals surface area contributed by atoms with E-state index < -0.39 is 0 Å². The molecule has 2 fully saturated rings. The van der Waals surface area contributed by atoms with Crippen molar-refractivity contribution in [2.24, 2.45) is 0 Å². The van der Waals surface area contributed by atoms with Crippen molar-refractivity contribution in [3.05, 3.63) is 71.4 Å². The van der Waals surface area contributed by atoms with Gasteiger partial charge in [-0.2, -0.15) is 0 Å². The molecule has 0 amide bonds. The average Bonchev–Trinajstić information content (AvgIpc) is 3.64. The monoisotopic (exact) mass is 388 g/mol. The van der Waals surface area contributed by atoms with Crippen molar-refractivity contribution in [3.63, 3.8) is 0 Å². The van der Waals surface area contributed by atoms with Crippen LogP contribution in [0.3, 0.4) is 0 Å². The minimum Gasteiger partial charge on any atom is -0.327 e. The first-order chi connectivity index (χ1) is 13.8. The predicted molar refractivity (Wildman–Crippen MR) is 112 cm³/mol. The van der Waals surface area contributed by atoms with Gasteiger partial charge in [-0.15, -0.1) is 0 Å². The summed E-state index contributed by atoms with van der Waals surface area (Å²) in [4.78, 5) is 9.41. The van der Waals surface area contributed by atoms with Crippen molar-refractivity contribution in [3.8, 4) is 11.3 Å². The van der Waals surface area contributed by atoms with E-state index in [0.29, 0.717) is 12.0 Å². The summed E-state index contributed by atoms with van der Waals surface area (Å²) in [5, 5.41) is 0.782. The number of halogens is 1. The second-order valence-electron chi connectivity index (χ2n) is 8.07. The lowest BCUT2D eigenvalue weighted by Crippen LogP contribution is -2.02. The Hall–Kier alpha value is -2.59. The van der Waals surface area contributed by atoms with Gasteiger partial charge in [0.15, 0.2) is 0 Å². The Kier molecular flexibility index (Phi) is 3.63. The van der Waals surface area contributed by atoms with Crippen molar-refractivity contribution in [1.29, 1.82) is 0 Å². The molecule has 4 aromatic rings. The summed E-state index contributed by atoms with van der Waals surface area (Å²) in [5.74, 6) is 0.573. The minimum atomic E-state index is 0.573. The van der Waals surface area contributed by atoms with Crippen molar-refractivity contribution in [1.82, 2.24) is 19.1 Å². The molecule has 2 aromatic carbocycles. The number of benzene rings is 2. The van der Waals surface area contributed by atoms with Crippen molar-refractivity contribution in [2.45, 2.75) is 44.2 Å². The van der Waals surface area contributed by atoms with E-state index in [2.05, 4.69) is 38.4 Å². The molecule has 2 aliphatic rings. The highest BCUT2D eigenvalue weighted by atomic mass is 35.5. The van der Waals surface area contributed by atoms with Gasteiger partial charge < -0.3 is 9.13 Å². The Morgan fingerprint density at radius 3 is 2.61 bits per heavy atom. The van der Waals surface area contributed by atoms with Crippen LogP contribution in [0.1, 0.15) is 48.9 Å². The molecular weight excluding hydrogens is 368 g/mol. The predicted octanol–water partition coefficient (Wildman–Crippen LogP) is 5.81. The number of hydrogen-bond donors (Lipinski definition) is 0. The quantitative estimate of drug-likeness (QED) is 0.432. The number of imidazole rings is 2. The topological polar surface area (TPSA) is 35.6 Å². The third kappa shape index (κ3) is 2.75. The van der Waals surface area contributed by atoms with Gasteiger partial charge in [-0.1, -0.05) is 35.9 Å². The van der Waals surface area contributed by atoms with Crippen molar-refractivity contribution < 1.29 is 0 Å². The summed E-state index contributed by atoms with van der Waals surface area (Å²) in [5.41, 5.74) is 6.97. The Balaban J connectivity index is 1.40. The second-order valence-corrected chi connectivity index (χ2v) is 8.47. The molecule has 140 valence electrons. The Morgan fingerprint density at radius 2 is 1.82 bits per heavy atom. The molecular formula is C23H21ClN4. The highest BCUT2D eigenvalue weighted by Crippen LogP contribution is 2.45. The summed E-state index contributed by atoms with van der Waals surface area (Å²) in [6.45, 7) is 0.770. The van der Waals surface area contributed by atoms with Crippen LogP contribution < -0.4 is 0 Å². The van der Waals surface area contributed by atoms with E-state index in [0.717, 1.165) is 28.3 Å². The molecule has 2 aromatic heterocycles. The third-order valence-electron chi connectivity index (χ3n) is 5.89. The van der Waals surface area contributed by atoms with E-state index in [-0.39, 0.29) is 0 Å². The van der Waals surface area contributed by atoms with Crippen molar-refractivity contribution in [2.75, 3.05) is 0 Å². The van der Waals surface area contributed by atoms with E-state index in [4.69, 9.17) is 16.6 Å². The molecule has 2 heterocycles. The molecule has 2 aliphatic carbocycles. The lowest BCUT2D eigenvalue weighted by molar-refractivity contribution is 0.765. The smallest absolute Gasteiger partial charge is 0.0960 e. The maximum absolute atomic E-state index is 6.55. The largest absolute Gasteiger partial charge is 0.327 e. The highest BCUT2D eigenvalue weighted by molar-refractivity contribution is 6.33. The second kappa shape index (κ2) is 6.21. The first-order valence-electron chi connectivity index (χ1n) is 10.0. The minimum absolute atomic E-state index is 0.573. The fraction of sp³-hybridized carbons (Fsp3) is 0.304. The Bertz CT molecular complexity index is 1180. The number of rotatable bonds is 5. The number of hydrogen-bond acceptors (Lipinski definition) is 2. The number of nitrogens with zero attached hydrogens (tertiary/aromatic N) is 4. The molecule has 0 unspecified atom stereocenters. The van der Waals surface area contributed by atoms with Crippen LogP contribution in [0.2, 0.25) is 5.02 Å². The molecule has 4 nitrogen and oxygen atoms in total. The lowest BCUT2D eigenvalue weighted by atomic mass is 10.1. The van der Waals surface area contributed by atoms with Crippen LogP contribution in [0.25, 0.3) is 22.3 Å². The van der Waals surface area contributed by atoms with E-state index >= 15 is 0 Å². The molecule has 0 N–H and O–H groups in total. The molecule has 2 saturated carbocycles. The van der Waals surface area contributed by atoms with E-state index in [1.807, 2.05) is 30.9 Å². The lowest BCUT2D eigenvalue weighted by Gasteiger charge is -2.12. The normalized spacial score (nSPS) is 16.8. The zero-order valence-corrected chi connectivity index (χ0v) is 16.3. The third-order valence-corrected chi connectivity index (χ3v) is 6.22. The molecule has 0 spiro atoms. The number of aromatic nitrogens is 4. The molecule has 5 heteroatoms. The van der Waals surface area contributed by atoms with Gasteiger partial charge in [0.2, 0.25) is 0 Å². The van der Waals surface area contributed by atoms with Crippen LogP contribution in [0, 0.1) is 0 Å². The summed E-state index contributed by atoms with van der Waals surface area (Å²) < 4.78 is 4.56. The van der Waals surface area contributed by atoms with Crippen LogP contribution in [0.5, 0.6) is 0 Å². The zero-order chi connectivity index (χ0) is 18.7. The maximum atomic E-state index is 6.55. The van der Waals surface area contributed by atoms with Gasteiger partial charge in [-0.05, 0) is 49.4 Å². The van der Waals surface area contributed by atoms with Crippen molar-refractivity contribution >= 4 is 22.6 Å². The van der Waals surface area contributed by atoms with Gasteiger partial charge in [0.05, 0.1) is 35.1 Å². The average molecular weight is 389 g/mol. The standard InChI is InChI=1S/C23H21ClN4/c24-19-4-2-1-3-18(19)23-22(16-6-7-16)26-13-27(23)12-15-5-10-21-20(11-15)25-14-28(21)17-8-9-17/h1-5,10-11,13-14,16-17H,6-9,12H2. The van der Waals surface area contributed by atoms with E-state index in [1.165, 1.54) is 42.5 Å². The number of fused-ring (bicyclic) bond motifs is 1. The van der Waals surface area contributed by atoms with Gasteiger partial charge in [0, 0.05) is 29.1 Å². The van der Waals surface area contributed by atoms with Crippen LogP contribution >= 0.6 is 11.6 Å². The van der Waals surface area contributed by atoms with Gasteiger partial charge in [0.25, 0.3) is 0 Å². The summed E-state index contributed by atoms with van der Waals surface area (Å²) >= 11 is 6.55. The summed E-state index contributed by atoms with van der Waals surface area (Å²) in [6.07, 6.45) is 8.95. The summed E-state index contributed by atoms with van der Waals surface area (Å²) in [6, 6.07) is 15.4. The van der Waals surface area contributed by atoms with Crippen LogP contribution in [0.4, 0.5) is 0 Å². The van der Waals surface area contributed by atoms with Crippen LogP contribution in [-0.4, -0.2) is 19.1 Å². The van der Waals surface area contributed by atoms with E-state index in [1.54, 1.807) is 0 Å². The fourth-order valence-corrected chi connectivity index (χ4v) is 4.36. The van der Waals surface area contributed by atoms with Crippen LogP contribution in [-0.2, 0) is 6.54 Å². The molecule has 0 atom stereocenters. The van der Waals surface area contributed by atoms with Gasteiger partial charge >= 0.3 is 0 Å². The molecule has 0 radical (unpaired) electrons. The molecule has 6 rings (SSSR count). The SMILES string of the molecule is Clc1ccccc1-c1c(C2CC2)ncn1Cc1ccc2c(c1)ncn2C1CC1. The van der Waals surface area contributed by atoms with Gasteiger partial charge in [-0.25, -0.2) is 9.97 Å².